The number of esters is 3. The summed E-state index contributed by atoms with van der Waals surface area (Å²) in [6.45, 7) is 6.58. The van der Waals surface area contributed by atoms with E-state index in [0.29, 0.717) is 19.3 Å². The lowest BCUT2D eigenvalue weighted by Crippen LogP contribution is -2.30. The Bertz CT molecular complexity index is 911. The molecule has 6 heteroatoms. The first-order valence-corrected chi connectivity index (χ1v) is 24.3. The minimum absolute atomic E-state index is 0.0789. The maximum absolute atomic E-state index is 12.7. The lowest BCUT2D eigenvalue weighted by molar-refractivity contribution is -0.167. The summed E-state index contributed by atoms with van der Waals surface area (Å²) in [4.78, 5) is 37.7. The van der Waals surface area contributed by atoms with Crippen LogP contribution in [0.25, 0.3) is 0 Å². The van der Waals surface area contributed by atoms with Crippen LogP contribution in [0.1, 0.15) is 258 Å². The van der Waals surface area contributed by atoms with Crippen LogP contribution < -0.4 is 0 Å². The average Bonchev–Trinajstić information content (AvgIpc) is 3.19. The second kappa shape index (κ2) is 45.6. The van der Waals surface area contributed by atoms with Crippen molar-refractivity contribution in [3.8, 4) is 0 Å². The molecule has 0 amide bonds. The molecule has 328 valence electrons. The van der Waals surface area contributed by atoms with Crippen LogP contribution in [0.3, 0.4) is 0 Å². The number of carbonyl (C=O) groups excluding carboxylic acids is 3. The maximum atomic E-state index is 12.7. The van der Waals surface area contributed by atoms with Crippen molar-refractivity contribution in [2.75, 3.05) is 13.2 Å². The van der Waals surface area contributed by atoms with Crippen molar-refractivity contribution < 1.29 is 28.6 Å². The summed E-state index contributed by atoms with van der Waals surface area (Å²) in [5, 5.41) is 0. The molecule has 6 nitrogen and oxygen atoms in total. The van der Waals surface area contributed by atoms with Gasteiger partial charge in [0.2, 0.25) is 0 Å². The second-order valence-corrected chi connectivity index (χ2v) is 16.4. The highest BCUT2D eigenvalue weighted by molar-refractivity contribution is 5.71. The van der Waals surface area contributed by atoms with Crippen LogP contribution in [-0.4, -0.2) is 37.2 Å². The van der Waals surface area contributed by atoms with Gasteiger partial charge in [0.25, 0.3) is 0 Å². The lowest BCUT2D eigenvalue weighted by Gasteiger charge is -2.18. The molecule has 1 unspecified atom stereocenters. The van der Waals surface area contributed by atoms with E-state index in [4.69, 9.17) is 14.2 Å². The molecule has 0 aromatic rings. The monoisotopic (exact) mass is 789 g/mol. The molecule has 1 atom stereocenters. The maximum Gasteiger partial charge on any atom is 0.306 e. The van der Waals surface area contributed by atoms with Gasteiger partial charge in [-0.05, 0) is 64.2 Å². The predicted octanol–water partition coefficient (Wildman–Crippen LogP) is 15.6. The van der Waals surface area contributed by atoms with Crippen molar-refractivity contribution in [3.63, 3.8) is 0 Å². The lowest BCUT2D eigenvalue weighted by atomic mass is 10.0. The number of hydrogen-bond acceptors (Lipinski definition) is 6. The zero-order chi connectivity index (χ0) is 40.8. The van der Waals surface area contributed by atoms with Gasteiger partial charge in [-0.15, -0.1) is 0 Å². The van der Waals surface area contributed by atoms with Crippen molar-refractivity contribution in [3.05, 3.63) is 24.3 Å². The Hall–Kier alpha value is -2.11. The highest BCUT2D eigenvalue weighted by Gasteiger charge is 2.19. The van der Waals surface area contributed by atoms with Gasteiger partial charge in [0.05, 0.1) is 0 Å². The molecular weight excluding hydrogens is 697 g/mol. The van der Waals surface area contributed by atoms with Gasteiger partial charge in [0.1, 0.15) is 13.2 Å². The minimum Gasteiger partial charge on any atom is -0.462 e. The summed E-state index contributed by atoms with van der Waals surface area (Å²) in [6, 6.07) is 0. The molecule has 0 aromatic carbocycles. The first kappa shape index (κ1) is 53.9. The number of allylic oxidation sites excluding steroid dienone is 4. The molecule has 0 radical (unpaired) electrons. The summed E-state index contributed by atoms with van der Waals surface area (Å²) in [5.74, 6) is -0.912. The third kappa shape index (κ3) is 43.0. The molecule has 0 spiro atoms. The minimum atomic E-state index is -0.777. The third-order valence-corrected chi connectivity index (χ3v) is 10.7. The fourth-order valence-electron chi connectivity index (χ4n) is 6.97. The van der Waals surface area contributed by atoms with Gasteiger partial charge >= 0.3 is 17.9 Å². The summed E-state index contributed by atoms with van der Waals surface area (Å²) in [6.07, 6.45) is 50.3. The van der Waals surface area contributed by atoms with Gasteiger partial charge in [0.15, 0.2) is 6.10 Å². The highest BCUT2D eigenvalue weighted by atomic mass is 16.6. The fraction of sp³-hybridized carbons (Fsp3) is 0.860. The van der Waals surface area contributed by atoms with E-state index in [1.165, 1.54) is 161 Å². The Kier molecular flexibility index (Phi) is 43.9. The second-order valence-electron chi connectivity index (χ2n) is 16.4. The Morgan fingerprint density at radius 2 is 0.607 bits per heavy atom. The molecule has 0 fully saturated rings. The Morgan fingerprint density at radius 3 is 0.982 bits per heavy atom. The summed E-state index contributed by atoms with van der Waals surface area (Å²) < 4.78 is 16.7. The zero-order valence-electron chi connectivity index (χ0n) is 37.4. The van der Waals surface area contributed by atoms with Crippen LogP contribution >= 0.6 is 0 Å². The molecule has 0 aliphatic rings. The van der Waals surface area contributed by atoms with Crippen LogP contribution in [0, 0.1) is 0 Å². The van der Waals surface area contributed by atoms with Gasteiger partial charge in [0, 0.05) is 19.3 Å². The molecular formula is C50H92O6. The Balaban J connectivity index is 4.31. The zero-order valence-corrected chi connectivity index (χ0v) is 37.4. The van der Waals surface area contributed by atoms with Gasteiger partial charge in [-0.25, -0.2) is 0 Å². The fourth-order valence-corrected chi connectivity index (χ4v) is 6.97. The van der Waals surface area contributed by atoms with Crippen molar-refractivity contribution in [1.82, 2.24) is 0 Å². The first-order valence-electron chi connectivity index (χ1n) is 24.3. The Labute approximate surface area is 347 Å². The molecule has 0 saturated carbocycles. The molecule has 0 aliphatic heterocycles. The largest absolute Gasteiger partial charge is 0.462 e. The van der Waals surface area contributed by atoms with E-state index in [2.05, 4.69) is 45.1 Å². The van der Waals surface area contributed by atoms with Crippen LogP contribution in [0.5, 0.6) is 0 Å². The first-order chi connectivity index (χ1) is 27.5. The smallest absolute Gasteiger partial charge is 0.306 e. The van der Waals surface area contributed by atoms with Crippen molar-refractivity contribution in [2.45, 2.75) is 264 Å². The predicted molar refractivity (Wildman–Crippen MR) is 238 cm³/mol. The standard InChI is InChI=1S/C50H92O6/c1-4-7-10-13-16-19-21-23-24-25-26-27-29-31-34-37-40-43-49(52)55-46-47(45-54-48(51)42-39-36-33-30-18-15-12-9-6-3)56-50(53)44-41-38-35-32-28-22-20-17-14-11-8-5-2/h23-24,30,33,47H,4-22,25-29,31-32,34-46H2,1-3H3/b24-23-,33-30-. The summed E-state index contributed by atoms with van der Waals surface area (Å²) in [7, 11) is 0. The highest BCUT2D eigenvalue weighted by Crippen LogP contribution is 2.15. The third-order valence-electron chi connectivity index (χ3n) is 10.7. The van der Waals surface area contributed by atoms with E-state index in [1.807, 2.05) is 0 Å². The molecule has 0 heterocycles. The van der Waals surface area contributed by atoms with E-state index in [-0.39, 0.29) is 31.1 Å². The number of ether oxygens (including phenoxy) is 3. The number of rotatable bonds is 44. The van der Waals surface area contributed by atoms with Crippen molar-refractivity contribution in [2.24, 2.45) is 0 Å². The number of unbranched alkanes of at least 4 members (excludes halogenated alkanes) is 29. The van der Waals surface area contributed by atoms with Gasteiger partial charge < -0.3 is 14.2 Å². The summed E-state index contributed by atoms with van der Waals surface area (Å²) >= 11 is 0. The van der Waals surface area contributed by atoms with E-state index < -0.39 is 6.10 Å². The van der Waals surface area contributed by atoms with Crippen LogP contribution in [0.15, 0.2) is 24.3 Å². The molecule has 0 saturated heterocycles. The van der Waals surface area contributed by atoms with Gasteiger partial charge in [-0.1, -0.05) is 199 Å². The SMILES string of the molecule is CCCCCC/C=C\CCCC(=O)OCC(COC(=O)CCCCCCCCC/C=C\CCCCCCCC)OC(=O)CCCCCCCCCCCCCC. The average molecular weight is 789 g/mol. The molecule has 0 rings (SSSR count). The van der Waals surface area contributed by atoms with Crippen LogP contribution in [0.4, 0.5) is 0 Å². The molecule has 0 bridgehead atoms. The van der Waals surface area contributed by atoms with Crippen molar-refractivity contribution in [1.29, 1.82) is 0 Å². The van der Waals surface area contributed by atoms with Gasteiger partial charge in [-0.2, -0.15) is 0 Å². The normalized spacial score (nSPS) is 12.1. The quantitative estimate of drug-likeness (QED) is 0.0265. The van der Waals surface area contributed by atoms with Gasteiger partial charge in [-0.3, -0.25) is 14.4 Å². The number of carbonyl (C=O) groups is 3. The summed E-state index contributed by atoms with van der Waals surface area (Å²) in [5.41, 5.74) is 0. The van der Waals surface area contributed by atoms with E-state index in [0.717, 1.165) is 57.8 Å². The molecule has 56 heavy (non-hydrogen) atoms. The topological polar surface area (TPSA) is 78.9 Å². The van der Waals surface area contributed by atoms with Crippen molar-refractivity contribution >= 4 is 17.9 Å². The molecule has 0 N–H and O–H groups in total. The Morgan fingerprint density at radius 1 is 0.339 bits per heavy atom. The van der Waals surface area contributed by atoms with Crippen LogP contribution in [-0.2, 0) is 28.6 Å². The van der Waals surface area contributed by atoms with E-state index in [9.17, 15) is 14.4 Å². The van der Waals surface area contributed by atoms with Crippen LogP contribution in [0.2, 0.25) is 0 Å². The molecule has 0 aliphatic carbocycles. The number of hydrogen-bond donors (Lipinski definition) is 0. The molecule has 0 aromatic heterocycles. The van der Waals surface area contributed by atoms with E-state index in [1.54, 1.807) is 0 Å². The van der Waals surface area contributed by atoms with E-state index >= 15 is 0 Å².